The van der Waals surface area contributed by atoms with Crippen molar-refractivity contribution in [1.29, 1.82) is 0 Å². The monoisotopic (exact) mass is 1020 g/mol. The Labute approximate surface area is 423 Å². The number of carbonyl (C=O) groups is 2. The maximum atomic E-state index is 13.7. The summed E-state index contributed by atoms with van der Waals surface area (Å²) in [5.41, 5.74) is 11.2. The number of aryl methyl sites for hydroxylation is 2. The molecular weight excluding hydrogens is 977 g/mol. The van der Waals surface area contributed by atoms with E-state index in [1.165, 1.54) is 24.3 Å². The van der Waals surface area contributed by atoms with Gasteiger partial charge in [0.25, 0.3) is 0 Å². The van der Waals surface area contributed by atoms with Crippen LogP contribution in [0.4, 0.5) is 20.4 Å². The molecule has 0 spiro atoms. The van der Waals surface area contributed by atoms with Crippen LogP contribution in [0.25, 0.3) is 78.0 Å². The average molecular weight is 1030 g/mol. The van der Waals surface area contributed by atoms with Crippen molar-refractivity contribution in [1.82, 2.24) is 29.1 Å². The number of carbonyl (C=O) groups excluding carboxylic acids is 2. The van der Waals surface area contributed by atoms with Crippen LogP contribution >= 0.6 is 15.9 Å². The Bertz CT molecular complexity index is 3490. The van der Waals surface area contributed by atoms with Gasteiger partial charge in [0.15, 0.2) is 0 Å². The van der Waals surface area contributed by atoms with Crippen molar-refractivity contribution in [3.05, 3.63) is 186 Å². The minimum Gasteiger partial charge on any atom is -0.423 e. The van der Waals surface area contributed by atoms with Gasteiger partial charge in [0.2, 0.25) is 11.8 Å². The second-order valence-electron chi connectivity index (χ2n) is 16.5. The summed E-state index contributed by atoms with van der Waals surface area (Å²) in [6.07, 6.45) is 7.70. The highest BCUT2D eigenvalue weighted by atomic mass is 79.9. The number of anilines is 2. The number of pyridine rings is 4. The molecule has 0 aliphatic rings. The van der Waals surface area contributed by atoms with Crippen molar-refractivity contribution in [3.63, 3.8) is 0 Å². The molecule has 12 nitrogen and oxygen atoms in total. The molecule has 360 valence electrons. The molecule has 6 heterocycles. The highest BCUT2D eigenvalue weighted by molar-refractivity contribution is 9.10. The number of aromatic nitrogens is 6. The van der Waals surface area contributed by atoms with Crippen LogP contribution in [0.1, 0.15) is 26.7 Å². The Kier molecular flexibility index (Phi) is 15.8. The Hall–Kier alpha value is -8.18. The van der Waals surface area contributed by atoms with Crippen LogP contribution in [0.5, 0.6) is 0 Å². The molecule has 0 aliphatic heterocycles. The largest absolute Gasteiger partial charge is 0.488 e. The van der Waals surface area contributed by atoms with Crippen LogP contribution < -0.4 is 16.1 Å². The van der Waals surface area contributed by atoms with Gasteiger partial charge in [0.05, 0.1) is 15.9 Å². The summed E-state index contributed by atoms with van der Waals surface area (Å²) >= 11 is 3.53. The average Bonchev–Trinajstić information content (AvgIpc) is 3.85. The number of nitrogens with zero attached hydrogens (tertiary/aromatic N) is 6. The van der Waals surface area contributed by atoms with Crippen LogP contribution in [0.15, 0.2) is 175 Å². The van der Waals surface area contributed by atoms with Gasteiger partial charge < -0.3 is 29.8 Å². The van der Waals surface area contributed by atoms with Crippen LogP contribution in [0, 0.1) is 11.6 Å². The van der Waals surface area contributed by atoms with Gasteiger partial charge in [-0.1, -0.05) is 74.5 Å². The molecule has 4 aromatic carbocycles. The van der Waals surface area contributed by atoms with Crippen molar-refractivity contribution < 1.29 is 28.4 Å². The molecule has 0 saturated carbocycles. The lowest BCUT2D eigenvalue weighted by Gasteiger charge is -2.11. The SMILES string of the molecule is CCC(=O)Nc1nc2c(cc1-c1ccccc1)c(-c1ccncc1)c(-c1ccc(F)cc1)n2C.CCC(=O)Nc1nc2c(cc1Br)c(-c1ccncc1)c(-c1ccc(F)cc1)n2C.OB(O)c1ccccc1. The summed E-state index contributed by atoms with van der Waals surface area (Å²) in [5.74, 6) is 0.187. The third-order valence-electron chi connectivity index (χ3n) is 11.8. The molecule has 72 heavy (non-hydrogen) atoms. The summed E-state index contributed by atoms with van der Waals surface area (Å²) in [5, 5.41) is 24.8. The van der Waals surface area contributed by atoms with E-state index in [-0.39, 0.29) is 23.4 Å². The number of amides is 2. The van der Waals surface area contributed by atoms with E-state index >= 15 is 0 Å². The molecule has 4 N–H and O–H groups in total. The highest BCUT2D eigenvalue weighted by Gasteiger charge is 2.24. The molecule has 0 fully saturated rings. The number of fused-ring (bicyclic) bond motifs is 2. The van der Waals surface area contributed by atoms with Crippen LogP contribution in [-0.4, -0.2) is 58.1 Å². The Morgan fingerprint density at radius 1 is 0.556 bits per heavy atom. The predicted octanol–water partition coefficient (Wildman–Crippen LogP) is 11.4. The first kappa shape index (κ1) is 50.2. The van der Waals surface area contributed by atoms with E-state index in [1.54, 1.807) is 80.2 Å². The van der Waals surface area contributed by atoms with E-state index in [0.29, 0.717) is 40.1 Å². The maximum Gasteiger partial charge on any atom is 0.488 e. The van der Waals surface area contributed by atoms with E-state index in [0.717, 1.165) is 72.3 Å². The fourth-order valence-electron chi connectivity index (χ4n) is 8.26. The predicted molar refractivity (Wildman–Crippen MR) is 286 cm³/mol. The van der Waals surface area contributed by atoms with E-state index in [9.17, 15) is 18.4 Å². The first-order valence-electron chi connectivity index (χ1n) is 23.0. The summed E-state index contributed by atoms with van der Waals surface area (Å²) < 4.78 is 31.9. The number of rotatable bonds is 10. The third kappa shape index (κ3) is 11.1. The summed E-state index contributed by atoms with van der Waals surface area (Å²) in [6.45, 7) is 3.60. The molecule has 0 saturated heterocycles. The van der Waals surface area contributed by atoms with Gasteiger partial charge >= 0.3 is 7.12 Å². The normalized spacial score (nSPS) is 10.8. The van der Waals surface area contributed by atoms with Crippen molar-refractivity contribution >= 4 is 74.0 Å². The zero-order valence-corrected chi connectivity index (χ0v) is 41.3. The number of benzene rings is 4. The molecule has 0 aliphatic carbocycles. The first-order chi connectivity index (χ1) is 34.9. The van der Waals surface area contributed by atoms with Crippen LogP contribution in [0.3, 0.4) is 0 Å². The lowest BCUT2D eigenvalue weighted by Crippen LogP contribution is -2.29. The van der Waals surface area contributed by atoms with Gasteiger partial charge in [-0.15, -0.1) is 0 Å². The molecule has 0 bridgehead atoms. The summed E-state index contributed by atoms with van der Waals surface area (Å²) in [6, 6.07) is 43.2. The standard InChI is InChI=1S/C28H23FN4O.C22H18BrFN4O.C6H7BO2/c1-3-24(34)31-27-22(18-7-5-4-6-8-18)17-23-25(19-13-15-30-16-14-19)26(33(2)28(23)32-27)20-9-11-21(29)12-10-20;1-3-18(29)26-21-17(23)12-16-19(13-8-10-25-11-9-13)20(28(2)22(16)27-21)14-4-6-15(24)7-5-14;8-7(9)6-4-2-1-3-5-6/h4-17H,3H2,1-2H3,(H,31,32,34);4-12H,3H2,1-2H3,(H,26,27,29);1-5,8-9H. The molecule has 2 amide bonds. The number of halogens is 3. The maximum absolute atomic E-state index is 13.7. The molecule has 16 heteroatoms. The lowest BCUT2D eigenvalue weighted by atomic mass is 9.81. The third-order valence-corrected chi connectivity index (χ3v) is 12.4. The van der Waals surface area contributed by atoms with Crippen molar-refractivity contribution in [2.45, 2.75) is 26.7 Å². The van der Waals surface area contributed by atoms with Crippen molar-refractivity contribution in [3.8, 4) is 55.9 Å². The van der Waals surface area contributed by atoms with Gasteiger partial charge in [-0.05, 0) is 134 Å². The Morgan fingerprint density at radius 2 is 0.972 bits per heavy atom. The van der Waals surface area contributed by atoms with E-state index in [2.05, 4.69) is 42.6 Å². The number of hydrogen-bond donors (Lipinski definition) is 4. The van der Waals surface area contributed by atoms with Crippen molar-refractivity contribution in [2.75, 3.05) is 10.6 Å². The Morgan fingerprint density at radius 3 is 1.40 bits per heavy atom. The molecular formula is C56H48BBrF2N8O4. The van der Waals surface area contributed by atoms with Gasteiger partial charge in [0, 0.05) is 79.2 Å². The van der Waals surface area contributed by atoms with Gasteiger partial charge in [-0.25, -0.2) is 18.7 Å². The van der Waals surface area contributed by atoms with Crippen LogP contribution in [-0.2, 0) is 23.7 Å². The molecule has 10 rings (SSSR count). The minimum absolute atomic E-state index is 0.105. The topological polar surface area (TPSA) is 160 Å². The highest BCUT2D eigenvalue weighted by Crippen LogP contribution is 2.44. The minimum atomic E-state index is -1.34. The number of nitrogens with one attached hydrogen (secondary N) is 2. The summed E-state index contributed by atoms with van der Waals surface area (Å²) in [4.78, 5) is 42.1. The molecule has 0 radical (unpaired) electrons. The second kappa shape index (κ2) is 22.7. The zero-order valence-electron chi connectivity index (χ0n) is 39.7. The summed E-state index contributed by atoms with van der Waals surface area (Å²) in [7, 11) is 2.51. The number of hydrogen-bond acceptors (Lipinski definition) is 8. The Balaban J connectivity index is 0.000000166. The fourth-order valence-corrected chi connectivity index (χ4v) is 8.68. The van der Waals surface area contributed by atoms with Crippen LogP contribution in [0.2, 0.25) is 0 Å². The lowest BCUT2D eigenvalue weighted by molar-refractivity contribution is -0.116. The van der Waals surface area contributed by atoms with Crippen molar-refractivity contribution in [2.24, 2.45) is 14.1 Å². The first-order valence-corrected chi connectivity index (χ1v) is 23.8. The molecule has 0 unspecified atom stereocenters. The molecule has 10 aromatic rings. The van der Waals surface area contributed by atoms with E-state index in [1.807, 2.05) is 96.9 Å². The second-order valence-corrected chi connectivity index (χ2v) is 17.3. The molecule has 6 aromatic heterocycles. The smallest absolute Gasteiger partial charge is 0.423 e. The van der Waals surface area contributed by atoms with E-state index in [4.69, 9.17) is 20.0 Å². The van der Waals surface area contributed by atoms with Gasteiger partial charge in [-0.3, -0.25) is 19.6 Å². The zero-order chi connectivity index (χ0) is 50.9. The van der Waals surface area contributed by atoms with E-state index < -0.39 is 7.12 Å². The van der Waals surface area contributed by atoms with Gasteiger partial charge in [0.1, 0.15) is 34.6 Å². The molecule has 0 atom stereocenters. The fraction of sp³-hybridized carbons (Fsp3) is 0.107. The van der Waals surface area contributed by atoms with Gasteiger partial charge in [-0.2, -0.15) is 0 Å². The quantitative estimate of drug-likeness (QED) is 0.0985.